The maximum absolute atomic E-state index is 11.2. The van der Waals surface area contributed by atoms with E-state index in [0.717, 1.165) is 0 Å². The van der Waals surface area contributed by atoms with Crippen molar-refractivity contribution in [2.24, 2.45) is 5.73 Å². The zero-order valence-corrected chi connectivity index (χ0v) is 8.28. The lowest BCUT2D eigenvalue weighted by atomic mass is 10.5. The molecule has 2 N–H and O–H groups in total. The summed E-state index contributed by atoms with van der Waals surface area (Å²) in [5.74, 6) is 0. The number of hydrogen-bond donors (Lipinski definition) is 1. The Morgan fingerprint density at radius 1 is 1.46 bits per heavy atom. The zero-order chi connectivity index (χ0) is 10.1. The van der Waals surface area contributed by atoms with Crippen LogP contribution < -0.4 is 5.73 Å². The third-order valence-electron chi connectivity index (χ3n) is 1.49. The molecule has 78 valence electrons. The number of ether oxygens (including phenoxy) is 2. The molecule has 1 amide bonds. The summed E-state index contributed by atoms with van der Waals surface area (Å²) in [7, 11) is 1.59. The molecule has 0 unspecified atom stereocenters. The van der Waals surface area contributed by atoms with Gasteiger partial charge >= 0.3 is 6.09 Å². The van der Waals surface area contributed by atoms with Crippen molar-refractivity contribution in [1.82, 2.24) is 4.90 Å². The summed E-state index contributed by atoms with van der Waals surface area (Å²) in [6.07, 6.45) is -0.329. The second-order valence-corrected chi connectivity index (χ2v) is 2.47. The smallest absolute Gasteiger partial charge is 0.409 e. The highest BCUT2D eigenvalue weighted by atomic mass is 16.6. The molecule has 0 aromatic heterocycles. The minimum Gasteiger partial charge on any atom is -0.450 e. The molecule has 0 fully saturated rings. The molecule has 0 radical (unpaired) electrons. The normalized spacial score (nSPS) is 9.77. The molecule has 0 aromatic rings. The van der Waals surface area contributed by atoms with Gasteiger partial charge in [-0.2, -0.15) is 0 Å². The number of nitrogens with zero attached hydrogens (tertiary/aromatic N) is 1. The maximum Gasteiger partial charge on any atom is 0.409 e. The van der Waals surface area contributed by atoms with E-state index in [-0.39, 0.29) is 6.09 Å². The van der Waals surface area contributed by atoms with Crippen molar-refractivity contribution in [3.05, 3.63) is 0 Å². The van der Waals surface area contributed by atoms with Crippen LogP contribution in [0.4, 0.5) is 4.79 Å². The number of amides is 1. The van der Waals surface area contributed by atoms with E-state index in [2.05, 4.69) is 0 Å². The van der Waals surface area contributed by atoms with E-state index in [1.807, 2.05) is 0 Å². The summed E-state index contributed by atoms with van der Waals surface area (Å²) in [4.78, 5) is 12.8. The van der Waals surface area contributed by atoms with Gasteiger partial charge in [-0.3, -0.25) is 0 Å². The monoisotopic (exact) mass is 190 g/mol. The highest BCUT2D eigenvalue weighted by Gasteiger charge is 2.12. The first-order chi connectivity index (χ1) is 6.26. The van der Waals surface area contributed by atoms with Gasteiger partial charge in [-0.1, -0.05) is 0 Å². The van der Waals surface area contributed by atoms with Gasteiger partial charge in [0.25, 0.3) is 0 Å². The Kier molecular flexibility index (Phi) is 7.33. The Morgan fingerprint density at radius 2 is 2.15 bits per heavy atom. The highest BCUT2D eigenvalue weighted by Crippen LogP contribution is 1.93. The van der Waals surface area contributed by atoms with Crippen LogP contribution in [0.3, 0.4) is 0 Å². The van der Waals surface area contributed by atoms with Gasteiger partial charge < -0.3 is 20.1 Å². The molecule has 5 heteroatoms. The van der Waals surface area contributed by atoms with Crippen molar-refractivity contribution < 1.29 is 14.3 Å². The molecular weight excluding hydrogens is 172 g/mol. The van der Waals surface area contributed by atoms with Crippen LogP contribution in [0.2, 0.25) is 0 Å². The molecule has 0 aliphatic rings. The molecule has 0 aliphatic carbocycles. The Bertz CT molecular complexity index is 141. The Balaban J connectivity index is 3.83. The minimum atomic E-state index is -0.329. The first kappa shape index (κ1) is 12.2. The number of carbonyl (C=O) groups excluding carboxylic acids is 1. The quantitative estimate of drug-likeness (QED) is 0.642. The lowest BCUT2D eigenvalue weighted by Gasteiger charge is -2.20. The van der Waals surface area contributed by atoms with Gasteiger partial charge in [0.2, 0.25) is 0 Å². The number of methoxy groups -OCH3 is 1. The zero-order valence-electron chi connectivity index (χ0n) is 8.28. The molecule has 0 spiro atoms. The molecule has 0 saturated carbocycles. The van der Waals surface area contributed by atoms with Gasteiger partial charge in [0, 0.05) is 26.7 Å². The van der Waals surface area contributed by atoms with Gasteiger partial charge in [-0.15, -0.1) is 0 Å². The largest absolute Gasteiger partial charge is 0.450 e. The van der Waals surface area contributed by atoms with Crippen LogP contribution >= 0.6 is 0 Å². The van der Waals surface area contributed by atoms with Crippen LogP contribution in [0.5, 0.6) is 0 Å². The van der Waals surface area contributed by atoms with Gasteiger partial charge in [-0.05, 0) is 6.92 Å². The number of carbonyl (C=O) groups is 1. The number of nitrogens with two attached hydrogens (primary N) is 1. The predicted octanol–water partition coefficient (Wildman–Crippen LogP) is 0.0500. The van der Waals surface area contributed by atoms with Crippen LogP contribution in [0, 0.1) is 0 Å². The van der Waals surface area contributed by atoms with E-state index in [4.69, 9.17) is 15.2 Å². The molecule has 0 aliphatic heterocycles. The molecule has 0 atom stereocenters. The molecule has 0 heterocycles. The summed E-state index contributed by atoms with van der Waals surface area (Å²) in [6.45, 7) is 4.11. The van der Waals surface area contributed by atoms with E-state index in [1.165, 1.54) is 4.90 Å². The topological polar surface area (TPSA) is 64.8 Å². The third kappa shape index (κ3) is 5.43. The van der Waals surface area contributed by atoms with E-state index >= 15 is 0 Å². The van der Waals surface area contributed by atoms with Crippen LogP contribution in [-0.4, -0.2) is 51.0 Å². The Morgan fingerprint density at radius 3 is 2.62 bits per heavy atom. The molecule has 0 aromatic carbocycles. The molecule has 5 nitrogen and oxygen atoms in total. The van der Waals surface area contributed by atoms with Gasteiger partial charge in [0.1, 0.15) is 0 Å². The van der Waals surface area contributed by atoms with Crippen LogP contribution in [0.15, 0.2) is 0 Å². The Labute approximate surface area is 78.8 Å². The first-order valence-corrected chi connectivity index (χ1v) is 4.37. The van der Waals surface area contributed by atoms with Gasteiger partial charge in [0.15, 0.2) is 0 Å². The van der Waals surface area contributed by atoms with Gasteiger partial charge in [0.05, 0.1) is 13.2 Å². The average molecular weight is 190 g/mol. The lowest BCUT2D eigenvalue weighted by molar-refractivity contribution is 0.0923. The average Bonchev–Trinajstić information content (AvgIpc) is 2.12. The minimum absolute atomic E-state index is 0.329. The van der Waals surface area contributed by atoms with Crippen molar-refractivity contribution in [2.45, 2.75) is 6.92 Å². The predicted molar refractivity (Wildman–Crippen MR) is 49.5 cm³/mol. The summed E-state index contributed by atoms with van der Waals surface area (Å²) in [5.41, 5.74) is 5.34. The second kappa shape index (κ2) is 7.82. The Hall–Kier alpha value is -0.810. The van der Waals surface area contributed by atoms with E-state index in [1.54, 1.807) is 14.0 Å². The summed E-state index contributed by atoms with van der Waals surface area (Å²) >= 11 is 0. The third-order valence-corrected chi connectivity index (χ3v) is 1.49. The number of rotatable bonds is 6. The molecule has 13 heavy (non-hydrogen) atoms. The van der Waals surface area contributed by atoms with Crippen molar-refractivity contribution in [1.29, 1.82) is 0 Å². The summed E-state index contributed by atoms with van der Waals surface area (Å²) in [5, 5.41) is 0. The fourth-order valence-corrected chi connectivity index (χ4v) is 0.866. The fraction of sp³-hybridized carbons (Fsp3) is 0.875. The molecule has 0 bridgehead atoms. The van der Waals surface area contributed by atoms with Crippen molar-refractivity contribution >= 4 is 6.09 Å². The van der Waals surface area contributed by atoms with Gasteiger partial charge in [-0.25, -0.2) is 4.79 Å². The van der Waals surface area contributed by atoms with E-state index in [9.17, 15) is 4.79 Å². The standard InChI is InChI=1S/C8H18N2O3/c1-3-13-8(11)10(5-4-9)6-7-12-2/h3-7,9H2,1-2H3. The SMILES string of the molecule is CCOC(=O)N(CCN)CCOC. The van der Waals surface area contributed by atoms with Crippen molar-refractivity contribution in [2.75, 3.05) is 40.0 Å². The first-order valence-electron chi connectivity index (χ1n) is 4.37. The molecule has 0 rings (SSSR count). The van der Waals surface area contributed by atoms with Crippen molar-refractivity contribution in [3.8, 4) is 0 Å². The van der Waals surface area contributed by atoms with Crippen LogP contribution in [-0.2, 0) is 9.47 Å². The molecular formula is C8H18N2O3. The van der Waals surface area contributed by atoms with E-state index < -0.39 is 0 Å². The summed E-state index contributed by atoms with van der Waals surface area (Å²) in [6, 6.07) is 0. The summed E-state index contributed by atoms with van der Waals surface area (Å²) < 4.78 is 9.69. The molecule has 0 saturated heterocycles. The van der Waals surface area contributed by atoms with Crippen molar-refractivity contribution in [3.63, 3.8) is 0 Å². The maximum atomic E-state index is 11.2. The highest BCUT2D eigenvalue weighted by molar-refractivity contribution is 5.67. The fourth-order valence-electron chi connectivity index (χ4n) is 0.866. The second-order valence-electron chi connectivity index (χ2n) is 2.47. The lowest BCUT2D eigenvalue weighted by Crippen LogP contribution is -2.38. The van der Waals surface area contributed by atoms with Crippen LogP contribution in [0.1, 0.15) is 6.92 Å². The van der Waals surface area contributed by atoms with E-state index in [0.29, 0.717) is 32.8 Å². The van der Waals surface area contributed by atoms with Crippen LogP contribution in [0.25, 0.3) is 0 Å². The number of hydrogen-bond acceptors (Lipinski definition) is 4.